The second kappa shape index (κ2) is 9.27. The topological polar surface area (TPSA) is 77.7 Å². The number of piperidine rings is 1. The fraction of sp³-hybridized carbons (Fsp3) is 0.370. The van der Waals surface area contributed by atoms with Crippen LogP contribution in [-0.2, 0) is 16.1 Å². The minimum absolute atomic E-state index is 0.166. The molecule has 37 heavy (non-hydrogen) atoms. The van der Waals surface area contributed by atoms with Crippen LogP contribution in [0.15, 0.2) is 40.9 Å². The van der Waals surface area contributed by atoms with Crippen LogP contribution in [0.25, 0.3) is 21.5 Å². The lowest BCUT2D eigenvalue weighted by molar-refractivity contribution is -0.120. The molecular formula is C27H23Cl2N3O4S. The van der Waals surface area contributed by atoms with Crippen molar-refractivity contribution in [2.75, 3.05) is 11.4 Å². The highest BCUT2D eigenvalue weighted by Crippen LogP contribution is 2.48. The number of carbonyl (C=O) groups is 1. The maximum atomic E-state index is 10.7. The molecule has 0 amide bonds. The van der Waals surface area contributed by atoms with Gasteiger partial charge in [-0.3, -0.25) is 4.79 Å². The van der Waals surface area contributed by atoms with Crippen molar-refractivity contribution in [1.82, 2.24) is 10.1 Å². The first kappa shape index (κ1) is 23.5. The van der Waals surface area contributed by atoms with E-state index in [0.29, 0.717) is 58.0 Å². The third-order valence-electron chi connectivity index (χ3n) is 7.66. The number of benzene rings is 2. The maximum absolute atomic E-state index is 10.7. The number of aromatic nitrogens is 2. The van der Waals surface area contributed by atoms with E-state index in [9.17, 15) is 4.79 Å². The van der Waals surface area contributed by atoms with Crippen molar-refractivity contribution in [3.8, 4) is 17.0 Å². The molecule has 2 aromatic heterocycles. The predicted molar refractivity (Wildman–Crippen MR) is 143 cm³/mol. The Morgan fingerprint density at radius 2 is 2.00 bits per heavy atom. The summed E-state index contributed by atoms with van der Waals surface area (Å²) >= 11 is 14.6. The molecule has 2 bridgehead atoms. The third kappa shape index (κ3) is 4.20. The standard InChI is InChI=1S/C27H23Cl2N3O4S/c28-19-2-1-3-20(29)24(19)25-18(26(36-31-25)14-4-5-14)12-34-22-9-16-8-15(22)11-32(16)27-30-21-7-6-17(35-13-33)10-23(21)37-27/h1-3,6-7,10,13-16,22H,4-5,8-9,11-12H2. The van der Waals surface area contributed by atoms with Gasteiger partial charge in [0, 0.05) is 41.6 Å². The Morgan fingerprint density at radius 3 is 2.73 bits per heavy atom. The molecule has 190 valence electrons. The zero-order valence-electron chi connectivity index (χ0n) is 19.7. The van der Waals surface area contributed by atoms with Crippen LogP contribution in [0.5, 0.6) is 5.75 Å². The summed E-state index contributed by atoms with van der Waals surface area (Å²) in [7, 11) is 0. The number of hydrogen-bond acceptors (Lipinski definition) is 8. The highest BCUT2D eigenvalue weighted by molar-refractivity contribution is 7.22. The molecule has 3 aliphatic rings. The predicted octanol–water partition coefficient (Wildman–Crippen LogP) is 6.85. The first-order chi connectivity index (χ1) is 18.1. The normalized spacial score (nSPS) is 22.8. The van der Waals surface area contributed by atoms with Crippen LogP contribution in [0.1, 0.15) is 42.9 Å². The molecule has 7 rings (SSSR count). The van der Waals surface area contributed by atoms with Gasteiger partial charge in [-0.25, -0.2) is 4.98 Å². The van der Waals surface area contributed by atoms with Gasteiger partial charge < -0.3 is 18.9 Å². The fourth-order valence-electron chi connectivity index (χ4n) is 5.73. The largest absolute Gasteiger partial charge is 0.429 e. The zero-order chi connectivity index (χ0) is 25.1. The molecule has 3 fully saturated rings. The molecule has 4 aromatic rings. The van der Waals surface area contributed by atoms with E-state index in [1.54, 1.807) is 17.4 Å². The van der Waals surface area contributed by atoms with E-state index >= 15 is 0 Å². The summed E-state index contributed by atoms with van der Waals surface area (Å²) in [6, 6.07) is 11.4. The average molecular weight is 556 g/mol. The molecule has 3 heterocycles. The van der Waals surface area contributed by atoms with Gasteiger partial charge in [0.1, 0.15) is 17.2 Å². The SMILES string of the molecule is O=COc1ccc2nc(N3CC4CC3CC4OCc3c(-c4c(Cl)cccc4Cl)noc3C3CC3)sc2c1. The second-order valence-corrected chi connectivity index (χ2v) is 11.8. The van der Waals surface area contributed by atoms with Crippen molar-refractivity contribution in [2.24, 2.45) is 5.92 Å². The molecule has 1 saturated heterocycles. The van der Waals surface area contributed by atoms with Crippen LogP contribution in [0, 0.1) is 5.92 Å². The molecular weight excluding hydrogens is 533 g/mol. The van der Waals surface area contributed by atoms with E-state index in [1.807, 2.05) is 30.3 Å². The molecule has 1 aliphatic heterocycles. The van der Waals surface area contributed by atoms with E-state index in [1.165, 1.54) is 0 Å². The summed E-state index contributed by atoms with van der Waals surface area (Å²) in [4.78, 5) is 17.9. The van der Waals surface area contributed by atoms with E-state index < -0.39 is 0 Å². The number of ether oxygens (including phenoxy) is 2. The number of carbonyl (C=O) groups excluding carboxylic acids is 1. The molecule has 2 aromatic carbocycles. The Hall–Kier alpha value is -2.65. The van der Waals surface area contributed by atoms with E-state index in [4.69, 9.17) is 42.2 Å². The molecule has 2 saturated carbocycles. The van der Waals surface area contributed by atoms with Crippen molar-refractivity contribution >= 4 is 56.4 Å². The van der Waals surface area contributed by atoms with Crippen molar-refractivity contribution in [1.29, 1.82) is 0 Å². The summed E-state index contributed by atoms with van der Waals surface area (Å²) in [5.74, 6) is 2.27. The second-order valence-electron chi connectivity index (χ2n) is 9.97. The van der Waals surface area contributed by atoms with Crippen LogP contribution in [0.2, 0.25) is 10.0 Å². The smallest absolute Gasteiger partial charge is 0.298 e. The zero-order valence-corrected chi connectivity index (χ0v) is 22.1. The van der Waals surface area contributed by atoms with Gasteiger partial charge in [-0.1, -0.05) is 45.8 Å². The fourth-order valence-corrected chi connectivity index (χ4v) is 7.38. The Labute approximate surface area is 227 Å². The highest BCUT2D eigenvalue weighted by atomic mass is 35.5. The van der Waals surface area contributed by atoms with E-state index in [0.717, 1.165) is 58.9 Å². The van der Waals surface area contributed by atoms with E-state index in [-0.39, 0.29) is 6.10 Å². The highest BCUT2D eigenvalue weighted by Gasteiger charge is 2.46. The van der Waals surface area contributed by atoms with Gasteiger partial charge in [-0.05, 0) is 49.9 Å². The number of nitrogens with zero attached hydrogens (tertiary/aromatic N) is 3. The Bertz CT molecular complexity index is 1480. The first-order valence-corrected chi connectivity index (χ1v) is 14.0. The molecule has 3 unspecified atom stereocenters. The number of anilines is 1. The van der Waals surface area contributed by atoms with Gasteiger partial charge in [0.25, 0.3) is 6.47 Å². The summed E-state index contributed by atoms with van der Waals surface area (Å²) in [5.41, 5.74) is 3.28. The summed E-state index contributed by atoms with van der Waals surface area (Å²) in [6.45, 7) is 1.79. The van der Waals surface area contributed by atoms with Gasteiger partial charge in [-0.2, -0.15) is 0 Å². The van der Waals surface area contributed by atoms with Gasteiger partial charge in [-0.15, -0.1) is 0 Å². The summed E-state index contributed by atoms with van der Waals surface area (Å²) < 4.78 is 18.3. The van der Waals surface area contributed by atoms with Gasteiger partial charge in [0.05, 0.1) is 33.0 Å². The van der Waals surface area contributed by atoms with Crippen LogP contribution >= 0.6 is 34.5 Å². The van der Waals surface area contributed by atoms with Crippen LogP contribution in [0.3, 0.4) is 0 Å². The Balaban J connectivity index is 1.08. The molecule has 7 nitrogen and oxygen atoms in total. The molecule has 10 heteroatoms. The molecule has 2 aliphatic carbocycles. The van der Waals surface area contributed by atoms with Crippen molar-refractivity contribution in [3.63, 3.8) is 0 Å². The number of thiazole rings is 1. The van der Waals surface area contributed by atoms with Gasteiger partial charge in [0.15, 0.2) is 5.13 Å². The third-order valence-corrected chi connectivity index (χ3v) is 9.35. The van der Waals surface area contributed by atoms with Gasteiger partial charge >= 0.3 is 0 Å². The van der Waals surface area contributed by atoms with Crippen LogP contribution < -0.4 is 9.64 Å². The summed E-state index contributed by atoms with van der Waals surface area (Å²) in [5, 5.41) is 6.51. The van der Waals surface area contributed by atoms with Gasteiger partial charge in [0.2, 0.25) is 0 Å². The minimum Gasteiger partial charge on any atom is -0.429 e. The summed E-state index contributed by atoms with van der Waals surface area (Å²) in [6.07, 6.45) is 4.41. The number of rotatable bonds is 8. The van der Waals surface area contributed by atoms with Crippen LogP contribution in [-0.4, -0.2) is 35.3 Å². The number of halogens is 2. The quantitative estimate of drug-likeness (QED) is 0.220. The molecule has 0 N–H and O–H groups in total. The molecule has 3 atom stereocenters. The lowest BCUT2D eigenvalue weighted by Crippen LogP contribution is -2.38. The lowest BCUT2D eigenvalue weighted by Gasteiger charge is -2.31. The average Bonchev–Trinajstić information content (AvgIpc) is 3.21. The number of hydrogen-bond donors (Lipinski definition) is 0. The minimum atomic E-state index is 0.166. The van der Waals surface area contributed by atoms with Crippen molar-refractivity contribution in [3.05, 3.63) is 57.8 Å². The molecule has 0 spiro atoms. The van der Waals surface area contributed by atoms with Crippen LogP contribution in [0.4, 0.5) is 5.13 Å². The Kier molecular flexibility index (Phi) is 5.88. The maximum Gasteiger partial charge on any atom is 0.298 e. The molecule has 0 radical (unpaired) electrons. The van der Waals surface area contributed by atoms with E-state index in [2.05, 4.69) is 10.1 Å². The van der Waals surface area contributed by atoms with Crippen molar-refractivity contribution < 1.29 is 18.8 Å². The Morgan fingerprint density at radius 1 is 1.16 bits per heavy atom. The monoisotopic (exact) mass is 555 g/mol. The first-order valence-electron chi connectivity index (χ1n) is 12.4. The lowest BCUT2D eigenvalue weighted by atomic mass is 10.0. The van der Waals surface area contributed by atoms with Crippen molar-refractivity contribution in [2.45, 2.75) is 50.4 Å². The number of fused-ring (bicyclic) bond motifs is 3.